The molecule has 7 atom stereocenters. The molecule has 0 bridgehead atoms. The summed E-state index contributed by atoms with van der Waals surface area (Å²) < 4.78 is 59.6. The molecular weight excluding hydrogens is 384 g/mol. The van der Waals surface area contributed by atoms with Gasteiger partial charge in [-0.3, -0.25) is 4.79 Å². The summed E-state index contributed by atoms with van der Waals surface area (Å²) >= 11 is 0. The van der Waals surface area contributed by atoms with E-state index in [1.807, 2.05) is 6.92 Å². The van der Waals surface area contributed by atoms with E-state index in [-0.39, 0.29) is 55.3 Å². The van der Waals surface area contributed by atoms with Gasteiger partial charge in [0.1, 0.15) is 0 Å². The molecule has 166 valence electrons. The van der Waals surface area contributed by atoms with Crippen LogP contribution >= 0.6 is 0 Å². The predicted octanol–water partition coefficient (Wildman–Crippen LogP) is 6.78. The van der Waals surface area contributed by atoms with Crippen molar-refractivity contribution in [1.82, 2.24) is 0 Å². The van der Waals surface area contributed by atoms with Gasteiger partial charge in [0.15, 0.2) is 0 Å². The van der Waals surface area contributed by atoms with Gasteiger partial charge in [-0.05, 0) is 80.0 Å². The van der Waals surface area contributed by atoms with Crippen LogP contribution in [0.25, 0.3) is 0 Å². The van der Waals surface area contributed by atoms with Crippen molar-refractivity contribution in [3.05, 3.63) is 0 Å². The normalized spacial score (nSPS) is 47.7. The van der Waals surface area contributed by atoms with Crippen molar-refractivity contribution in [3.8, 4) is 0 Å². The van der Waals surface area contributed by atoms with Crippen molar-refractivity contribution in [2.45, 2.75) is 96.3 Å². The Hall–Kier alpha value is -0.810. The van der Waals surface area contributed by atoms with Gasteiger partial charge in [0.2, 0.25) is 5.92 Å². The molecule has 0 aromatic heterocycles. The molecule has 4 fully saturated rings. The highest BCUT2D eigenvalue weighted by molar-refractivity contribution is 5.66. The van der Waals surface area contributed by atoms with Crippen molar-refractivity contribution in [2.75, 3.05) is 0 Å². The average Bonchev–Trinajstić information content (AvgIpc) is 2.95. The van der Waals surface area contributed by atoms with E-state index in [4.69, 9.17) is 5.11 Å². The second-order valence-electron chi connectivity index (χ2n) is 11.0. The Morgan fingerprint density at radius 3 is 2.38 bits per heavy atom. The number of halogens is 4. The molecule has 4 aliphatic carbocycles. The van der Waals surface area contributed by atoms with Crippen LogP contribution in [0.2, 0.25) is 0 Å². The van der Waals surface area contributed by atoms with Crippen LogP contribution in [0.5, 0.6) is 0 Å². The van der Waals surface area contributed by atoms with E-state index >= 15 is 8.78 Å². The van der Waals surface area contributed by atoms with Gasteiger partial charge in [-0.1, -0.05) is 13.8 Å². The maximum Gasteiger partial charge on any atom is 0.303 e. The number of carboxylic acids is 1. The van der Waals surface area contributed by atoms with Crippen molar-refractivity contribution in [1.29, 1.82) is 0 Å². The molecule has 0 aliphatic heterocycles. The first-order valence-electron chi connectivity index (χ1n) is 11.4. The van der Waals surface area contributed by atoms with Crippen molar-refractivity contribution < 1.29 is 27.5 Å². The highest BCUT2D eigenvalue weighted by atomic mass is 19.3. The third-order valence-corrected chi connectivity index (χ3v) is 9.89. The fourth-order valence-corrected chi connectivity index (χ4v) is 8.17. The van der Waals surface area contributed by atoms with Crippen molar-refractivity contribution in [3.63, 3.8) is 0 Å². The number of fused-ring (bicyclic) bond motifs is 5. The van der Waals surface area contributed by atoms with Crippen LogP contribution in [0.15, 0.2) is 0 Å². The Bertz CT molecular complexity index is 665. The molecule has 29 heavy (non-hydrogen) atoms. The Kier molecular flexibility index (Phi) is 5.06. The Labute approximate surface area is 170 Å². The van der Waals surface area contributed by atoms with Crippen LogP contribution in [0.1, 0.15) is 84.5 Å². The van der Waals surface area contributed by atoms with Gasteiger partial charge in [-0.25, -0.2) is 17.6 Å². The molecule has 0 amide bonds. The molecule has 0 saturated heterocycles. The van der Waals surface area contributed by atoms with Gasteiger partial charge >= 0.3 is 5.97 Å². The summed E-state index contributed by atoms with van der Waals surface area (Å²) in [5.74, 6) is -6.71. The van der Waals surface area contributed by atoms with Gasteiger partial charge in [0, 0.05) is 31.1 Å². The molecule has 4 aliphatic rings. The predicted molar refractivity (Wildman–Crippen MR) is 102 cm³/mol. The summed E-state index contributed by atoms with van der Waals surface area (Å²) in [5.41, 5.74) is -1.49. The topological polar surface area (TPSA) is 37.3 Å². The van der Waals surface area contributed by atoms with E-state index in [0.29, 0.717) is 19.3 Å². The van der Waals surface area contributed by atoms with E-state index in [0.717, 1.165) is 25.7 Å². The van der Waals surface area contributed by atoms with Crippen molar-refractivity contribution in [2.24, 2.45) is 40.4 Å². The van der Waals surface area contributed by atoms with Crippen LogP contribution in [-0.2, 0) is 4.79 Å². The number of hydrogen-bond donors (Lipinski definition) is 1. The zero-order valence-corrected chi connectivity index (χ0v) is 17.5. The number of carbonyl (C=O) groups is 1. The highest BCUT2D eigenvalue weighted by Crippen LogP contribution is 2.72. The second-order valence-corrected chi connectivity index (χ2v) is 11.0. The molecule has 2 nitrogen and oxygen atoms in total. The minimum absolute atomic E-state index is 0.0306. The van der Waals surface area contributed by atoms with E-state index in [9.17, 15) is 13.6 Å². The summed E-state index contributed by atoms with van der Waals surface area (Å²) in [6.45, 7) is 3.76. The van der Waals surface area contributed by atoms with Gasteiger partial charge in [-0.2, -0.15) is 0 Å². The van der Waals surface area contributed by atoms with Gasteiger partial charge in [-0.15, -0.1) is 0 Å². The number of carboxylic acid groups (broad SMARTS) is 1. The van der Waals surface area contributed by atoms with E-state index < -0.39 is 28.6 Å². The third-order valence-electron chi connectivity index (χ3n) is 9.89. The minimum Gasteiger partial charge on any atom is -0.481 e. The molecule has 0 aromatic carbocycles. The Balaban J connectivity index is 1.59. The SMILES string of the molecule is CC12CCC(F)(F)CC1CCC1C2CC(F)(F)C2(C)C(CCCC(=O)O)CCC12. The Morgan fingerprint density at radius 2 is 1.69 bits per heavy atom. The molecule has 0 spiro atoms. The molecule has 4 saturated carbocycles. The minimum atomic E-state index is -2.83. The molecule has 0 heterocycles. The van der Waals surface area contributed by atoms with E-state index in [1.54, 1.807) is 6.92 Å². The zero-order chi connectivity index (χ0) is 21.2. The molecule has 6 heteroatoms. The molecule has 1 N–H and O–H groups in total. The largest absolute Gasteiger partial charge is 0.481 e. The van der Waals surface area contributed by atoms with E-state index in [1.165, 1.54) is 0 Å². The fourth-order valence-electron chi connectivity index (χ4n) is 8.17. The summed E-state index contributed by atoms with van der Waals surface area (Å²) in [6.07, 6.45) is 3.90. The average molecular weight is 419 g/mol. The van der Waals surface area contributed by atoms with Crippen LogP contribution in [0.4, 0.5) is 17.6 Å². The molecule has 7 unspecified atom stereocenters. The molecular formula is C23H34F4O2. The summed E-state index contributed by atoms with van der Waals surface area (Å²) in [4.78, 5) is 10.9. The first-order chi connectivity index (χ1) is 13.4. The first-order valence-corrected chi connectivity index (χ1v) is 11.4. The van der Waals surface area contributed by atoms with Crippen LogP contribution in [-0.4, -0.2) is 22.9 Å². The van der Waals surface area contributed by atoms with Crippen molar-refractivity contribution >= 4 is 5.97 Å². The second kappa shape index (κ2) is 6.85. The van der Waals surface area contributed by atoms with Gasteiger partial charge in [0.25, 0.3) is 5.92 Å². The smallest absolute Gasteiger partial charge is 0.303 e. The summed E-state index contributed by atoms with van der Waals surface area (Å²) in [7, 11) is 0. The van der Waals surface area contributed by atoms with Crippen LogP contribution in [0.3, 0.4) is 0 Å². The number of alkyl halides is 4. The van der Waals surface area contributed by atoms with Crippen LogP contribution in [0, 0.1) is 40.4 Å². The Morgan fingerprint density at radius 1 is 0.966 bits per heavy atom. The maximum atomic E-state index is 15.8. The monoisotopic (exact) mass is 418 g/mol. The first kappa shape index (κ1) is 21.4. The lowest BCUT2D eigenvalue weighted by Gasteiger charge is -2.62. The van der Waals surface area contributed by atoms with Crippen LogP contribution < -0.4 is 0 Å². The standard InChI is InChI=1S/C23H34F4O2/c1-20-10-11-22(24,25)12-15(20)6-8-16-17-9-7-14(4-3-5-19(28)29)21(17,2)23(26,27)13-18(16)20/h14-18H,3-13H2,1-2H3,(H,28,29). The quantitative estimate of drug-likeness (QED) is 0.511. The van der Waals surface area contributed by atoms with Gasteiger partial charge < -0.3 is 5.11 Å². The molecule has 4 rings (SSSR count). The number of rotatable bonds is 4. The molecule has 0 radical (unpaired) electrons. The number of aliphatic carboxylic acids is 1. The number of hydrogen-bond acceptors (Lipinski definition) is 1. The summed E-state index contributed by atoms with van der Waals surface area (Å²) in [6, 6.07) is 0. The fraction of sp³-hybridized carbons (Fsp3) is 0.957. The third kappa shape index (κ3) is 3.22. The maximum absolute atomic E-state index is 15.8. The van der Waals surface area contributed by atoms with Gasteiger partial charge in [0.05, 0.1) is 0 Å². The zero-order valence-electron chi connectivity index (χ0n) is 17.5. The lowest BCUT2D eigenvalue weighted by atomic mass is 9.43. The lowest BCUT2D eigenvalue weighted by Crippen LogP contribution is -2.61. The lowest BCUT2D eigenvalue weighted by molar-refractivity contribution is -0.248. The van der Waals surface area contributed by atoms with E-state index in [2.05, 4.69) is 0 Å². The highest BCUT2D eigenvalue weighted by Gasteiger charge is 2.70. The summed E-state index contributed by atoms with van der Waals surface area (Å²) in [5, 5.41) is 8.91. The molecule has 0 aromatic rings.